The number of carbonyl (C=O) groups is 2. The zero-order chi connectivity index (χ0) is 20.7. The normalized spacial score (nSPS) is 13.1. The van der Waals surface area contributed by atoms with Crippen molar-refractivity contribution in [3.63, 3.8) is 0 Å². The molecule has 0 saturated heterocycles. The second-order valence-corrected chi connectivity index (χ2v) is 7.22. The molecule has 0 aliphatic carbocycles. The minimum atomic E-state index is -0.377. The number of hydrogen-bond donors (Lipinski definition) is 2. The minimum absolute atomic E-state index is 0.0127. The number of benzene rings is 1. The van der Waals surface area contributed by atoms with Crippen LogP contribution in [0.25, 0.3) is 0 Å². The van der Waals surface area contributed by atoms with Gasteiger partial charge in [0, 0.05) is 12.7 Å². The van der Waals surface area contributed by atoms with E-state index in [0.717, 1.165) is 16.8 Å². The molecule has 0 bridgehead atoms. The van der Waals surface area contributed by atoms with Gasteiger partial charge in [-0.2, -0.15) is 0 Å². The number of pyridine rings is 1. The maximum Gasteiger partial charge on any atom is 0.337 e. The van der Waals surface area contributed by atoms with E-state index >= 15 is 0 Å². The van der Waals surface area contributed by atoms with E-state index in [-0.39, 0.29) is 29.9 Å². The zero-order valence-corrected chi connectivity index (χ0v) is 17.2. The van der Waals surface area contributed by atoms with E-state index in [4.69, 9.17) is 0 Å². The van der Waals surface area contributed by atoms with Crippen LogP contribution in [0.3, 0.4) is 0 Å². The zero-order valence-electron chi connectivity index (χ0n) is 17.2. The highest BCUT2D eigenvalue weighted by Gasteiger charge is 2.23. The Bertz CT molecular complexity index is 803. The SMILES string of the molecule is COC(=O)c1ccc(CNC(=O)C(C)NC(c2ncccc2C)C(C)C)cc1. The van der Waals surface area contributed by atoms with Gasteiger partial charge in [-0.25, -0.2) is 4.79 Å². The van der Waals surface area contributed by atoms with E-state index in [9.17, 15) is 9.59 Å². The average Bonchev–Trinajstić information content (AvgIpc) is 2.70. The third kappa shape index (κ3) is 5.63. The highest BCUT2D eigenvalue weighted by Crippen LogP contribution is 2.23. The molecule has 6 nitrogen and oxygen atoms in total. The van der Waals surface area contributed by atoms with Gasteiger partial charge in [-0.05, 0) is 49.1 Å². The molecule has 150 valence electrons. The van der Waals surface area contributed by atoms with Crippen LogP contribution in [-0.2, 0) is 16.1 Å². The Balaban J connectivity index is 1.96. The molecule has 2 atom stereocenters. The van der Waals surface area contributed by atoms with Crippen LogP contribution in [0.15, 0.2) is 42.6 Å². The van der Waals surface area contributed by atoms with Crippen molar-refractivity contribution in [2.75, 3.05) is 7.11 Å². The molecule has 1 aromatic heterocycles. The second-order valence-electron chi connectivity index (χ2n) is 7.22. The Kier molecular flexibility index (Phi) is 7.70. The molecule has 0 aliphatic rings. The molecular formula is C22H29N3O3. The predicted molar refractivity (Wildman–Crippen MR) is 109 cm³/mol. The highest BCUT2D eigenvalue weighted by atomic mass is 16.5. The number of nitrogens with one attached hydrogen (secondary N) is 2. The molecule has 1 amide bonds. The van der Waals surface area contributed by atoms with Crippen molar-refractivity contribution in [2.24, 2.45) is 5.92 Å². The van der Waals surface area contributed by atoms with Crippen molar-refractivity contribution in [3.05, 3.63) is 65.0 Å². The number of esters is 1. The summed E-state index contributed by atoms with van der Waals surface area (Å²) in [5, 5.41) is 6.34. The first-order valence-corrected chi connectivity index (χ1v) is 9.46. The van der Waals surface area contributed by atoms with Crippen LogP contribution in [0.1, 0.15) is 54.0 Å². The summed E-state index contributed by atoms with van der Waals surface area (Å²) in [6.07, 6.45) is 1.78. The lowest BCUT2D eigenvalue weighted by Crippen LogP contribution is -2.45. The predicted octanol–water partition coefficient (Wildman–Crippen LogP) is 3.17. The third-order valence-electron chi connectivity index (χ3n) is 4.68. The van der Waals surface area contributed by atoms with Gasteiger partial charge in [0.2, 0.25) is 5.91 Å². The molecule has 0 fully saturated rings. The Labute approximate surface area is 166 Å². The van der Waals surface area contributed by atoms with Crippen LogP contribution in [-0.4, -0.2) is 30.0 Å². The molecule has 2 rings (SSSR count). The van der Waals surface area contributed by atoms with E-state index in [2.05, 4.69) is 34.2 Å². The van der Waals surface area contributed by atoms with Gasteiger partial charge in [0.05, 0.1) is 30.5 Å². The fourth-order valence-corrected chi connectivity index (χ4v) is 2.97. The smallest absolute Gasteiger partial charge is 0.337 e. The van der Waals surface area contributed by atoms with Crippen LogP contribution < -0.4 is 10.6 Å². The van der Waals surface area contributed by atoms with Crippen LogP contribution >= 0.6 is 0 Å². The van der Waals surface area contributed by atoms with Gasteiger partial charge in [0.15, 0.2) is 0 Å². The number of hydrogen-bond acceptors (Lipinski definition) is 5. The lowest BCUT2D eigenvalue weighted by atomic mass is 9.96. The Morgan fingerprint density at radius 3 is 2.36 bits per heavy atom. The fourth-order valence-electron chi connectivity index (χ4n) is 2.97. The second kappa shape index (κ2) is 9.99. The molecular weight excluding hydrogens is 354 g/mol. The summed E-state index contributed by atoms with van der Waals surface area (Å²) in [6.45, 7) is 8.49. The maximum atomic E-state index is 12.5. The summed E-state index contributed by atoms with van der Waals surface area (Å²) in [4.78, 5) is 28.5. The summed E-state index contributed by atoms with van der Waals surface area (Å²) in [7, 11) is 1.35. The maximum absolute atomic E-state index is 12.5. The first kappa shape index (κ1) is 21.6. The summed E-state index contributed by atoms with van der Waals surface area (Å²) in [5.41, 5.74) is 3.47. The molecule has 28 heavy (non-hydrogen) atoms. The van der Waals surface area contributed by atoms with Gasteiger partial charge in [0.25, 0.3) is 0 Å². The highest BCUT2D eigenvalue weighted by molar-refractivity contribution is 5.89. The van der Waals surface area contributed by atoms with E-state index < -0.39 is 0 Å². The summed E-state index contributed by atoms with van der Waals surface area (Å²) >= 11 is 0. The van der Waals surface area contributed by atoms with E-state index in [1.165, 1.54) is 7.11 Å². The van der Waals surface area contributed by atoms with Crippen molar-refractivity contribution in [3.8, 4) is 0 Å². The van der Waals surface area contributed by atoms with Gasteiger partial charge in [-0.15, -0.1) is 0 Å². The van der Waals surface area contributed by atoms with E-state index in [1.807, 2.05) is 26.0 Å². The van der Waals surface area contributed by atoms with Crippen LogP contribution in [0.5, 0.6) is 0 Å². The first-order chi connectivity index (χ1) is 13.3. The lowest BCUT2D eigenvalue weighted by Gasteiger charge is -2.26. The quantitative estimate of drug-likeness (QED) is 0.685. The van der Waals surface area contributed by atoms with Crippen molar-refractivity contribution in [2.45, 2.75) is 46.3 Å². The van der Waals surface area contributed by atoms with Crippen LogP contribution in [0.2, 0.25) is 0 Å². The van der Waals surface area contributed by atoms with Gasteiger partial charge in [-0.1, -0.05) is 32.0 Å². The molecule has 0 spiro atoms. The Morgan fingerprint density at radius 1 is 1.11 bits per heavy atom. The topological polar surface area (TPSA) is 80.3 Å². The number of ether oxygens (including phenoxy) is 1. The number of methoxy groups -OCH3 is 1. The van der Waals surface area contributed by atoms with Crippen molar-refractivity contribution in [1.29, 1.82) is 0 Å². The van der Waals surface area contributed by atoms with Crippen LogP contribution in [0.4, 0.5) is 0 Å². The minimum Gasteiger partial charge on any atom is -0.465 e. The summed E-state index contributed by atoms with van der Waals surface area (Å²) < 4.78 is 4.68. The molecule has 0 radical (unpaired) electrons. The number of aromatic nitrogens is 1. The molecule has 1 heterocycles. The van der Waals surface area contributed by atoms with Crippen LogP contribution in [0, 0.1) is 12.8 Å². The molecule has 6 heteroatoms. The standard InChI is InChI=1S/C22H29N3O3/c1-14(2)19(20-15(3)7-6-12-23-20)25-16(4)21(26)24-13-17-8-10-18(11-9-17)22(27)28-5/h6-12,14,16,19,25H,13H2,1-5H3,(H,24,26). The number of aryl methyl sites for hydroxylation is 1. The number of amides is 1. The average molecular weight is 383 g/mol. The molecule has 0 aliphatic heterocycles. The monoisotopic (exact) mass is 383 g/mol. The first-order valence-electron chi connectivity index (χ1n) is 9.46. The third-order valence-corrected chi connectivity index (χ3v) is 4.68. The Morgan fingerprint density at radius 2 is 1.79 bits per heavy atom. The largest absolute Gasteiger partial charge is 0.465 e. The van der Waals surface area contributed by atoms with Crippen molar-refractivity contribution < 1.29 is 14.3 Å². The fraction of sp³-hybridized carbons (Fsp3) is 0.409. The summed E-state index contributed by atoms with van der Waals surface area (Å²) in [6, 6.07) is 10.5. The lowest BCUT2D eigenvalue weighted by molar-refractivity contribution is -0.123. The molecule has 0 saturated carbocycles. The number of rotatable bonds is 8. The van der Waals surface area contributed by atoms with Gasteiger partial charge >= 0.3 is 5.97 Å². The summed E-state index contributed by atoms with van der Waals surface area (Å²) in [5.74, 6) is -0.177. The van der Waals surface area contributed by atoms with Gasteiger partial charge in [0.1, 0.15) is 0 Å². The number of nitrogens with zero attached hydrogens (tertiary/aromatic N) is 1. The van der Waals surface area contributed by atoms with Gasteiger partial charge in [-0.3, -0.25) is 15.1 Å². The van der Waals surface area contributed by atoms with Crippen molar-refractivity contribution in [1.82, 2.24) is 15.6 Å². The Hall–Kier alpha value is -2.73. The van der Waals surface area contributed by atoms with E-state index in [1.54, 1.807) is 30.5 Å². The van der Waals surface area contributed by atoms with Gasteiger partial charge < -0.3 is 10.1 Å². The number of carbonyl (C=O) groups excluding carboxylic acids is 2. The molecule has 1 aromatic carbocycles. The molecule has 2 unspecified atom stereocenters. The van der Waals surface area contributed by atoms with Crippen molar-refractivity contribution >= 4 is 11.9 Å². The molecule has 2 N–H and O–H groups in total. The molecule has 2 aromatic rings. The van der Waals surface area contributed by atoms with E-state index in [0.29, 0.717) is 12.1 Å².